The number of para-hydroxylation sites is 1. The maximum atomic E-state index is 13.3. The third kappa shape index (κ3) is 4.67. The van der Waals surface area contributed by atoms with Crippen LogP contribution in [0.3, 0.4) is 0 Å². The zero-order valence-corrected chi connectivity index (χ0v) is 17.2. The fraction of sp³-hybridized carbons (Fsp3) is 0.0870. The van der Waals surface area contributed by atoms with Gasteiger partial charge in [-0.3, -0.25) is 4.72 Å². The molecule has 3 aromatic carbocycles. The van der Waals surface area contributed by atoms with Gasteiger partial charge in [0.15, 0.2) is 0 Å². The number of hydrogen-bond donors (Lipinski definition) is 1. The van der Waals surface area contributed by atoms with Crippen molar-refractivity contribution in [3.63, 3.8) is 0 Å². The molecule has 0 saturated carbocycles. The number of nitrogens with one attached hydrogen (secondary N) is 1. The minimum Gasteiger partial charge on any atom is -0.423 e. The summed E-state index contributed by atoms with van der Waals surface area (Å²) < 4.78 is 72.4. The van der Waals surface area contributed by atoms with E-state index in [1.165, 1.54) is 24.3 Å². The van der Waals surface area contributed by atoms with Crippen LogP contribution in [0.15, 0.2) is 93.0 Å². The summed E-state index contributed by atoms with van der Waals surface area (Å²) in [4.78, 5) is 11.5. The van der Waals surface area contributed by atoms with Crippen molar-refractivity contribution in [3.05, 3.63) is 106 Å². The quantitative estimate of drug-likeness (QED) is 0.416. The third-order valence-corrected chi connectivity index (χ3v) is 6.18. The van der Waals surface area contributed by atoms with Gasteiger partial charge >= 0.3 is 11.8 Å². The fourth-order valence-corrected chi connectivity index (χ4v) is 4.36. The Hall–Kier alpha value is -3.59. The van der Waals surface area contributed by atoms with Gasteiger partial charge in [0.2, 0.25) is 0 Å². The monoisotopic (exact) mass is 459 g/mol. The summed E-state index contributed by atoms with van der Waals surface area (Å²) in [6.45, 7) is 0. The lowest BCUT2D eigenvalue weighted by molar-refractivity contribution is -0.136. The van der Waals surface area contributed by atoms with Gasteiger partial charge in [-0.25, -0.2) is 13.2 Å². The van der Waals surface area contributed by atoms with Crippen molar-refractivity contribution < 1.29 is 26.0 Å². The van der Waals surface area contributed by atoms with Crippen molar-refractivity contribution in [1.29, 1.82) is 0 Å². The van der Waals surface area contributed by atoms with E-state index in [0.717, 1.165) is 0 Å². The number of halogens is 3. The Kier molecular flexibility index (Phi) is 5.52. The van der Waals surface area contributed by atoms with Gasteiger partial charge in [-0.2, -0.15) is 13.2 Å². The number of sulfonamides is 1. The Labute approximate surface area is 181 Å². The maximum absolute atomic E-state index is 13.3. The molecule has 164 valence electrons. The van der Waals surface area contributed by atoms with Gasteiger partial charge < -0.3 is 4.42 Å². The maximum Gasteiger partial charge on any atom is 0.417 e. The molecule has 0 saturated heterocycles. The van der Waals surface area contributed by atoms with E-state index in [1.54, 1.807) is 48.5 Å². The molecule has 0 atom stereocenters. The lowest BCUT2D eigenvalue weighted by atomic mass is 10.0. The molecule has 4 rings (SSSR count). The number of hydrogen-bond acceptors (Lipinski definition) is 4. The van der Waals surface area contributed by atoms with Crippen molar-refractivity contribution in [3.8, 4) is 0 Å². The Morgan fingerprint density at radius 1 is 0.844 bits per heavy atom. The van der Waals surface area contributed by atoms with Crippen molar-refractivity contribution in [2.75, 3.05) is 4.72 Å². The first-order valence-electron chi connectivity index (χ1n) is 9.43. The first kappa shape index (κ1) is 21.6. The van der Waals surface area contributed by atoms with Crippen LogP contribution in [0.1, 0.15) is 16.7 Å². The average Bonchev–Trinajstić information content (AvgIpc) is 2.73. The lowest BCUT2D eigenvalue weighted by Crippen LogP contribution is -2.12. The number of benzene rings is 3. The van der Waals surface area contributed by atoms with E-state index in [0.29, 0.717) is 22.9 Å². The molecule has 32 heavy (non-hydrogen) atoms. The summed E-state index contributed by atoms with van der Waals surface area (Å²) in [6, 6.07) is 19.1. The summed E-state index contributed by atoms with van der Waals surface area (Å²) in [5.74, 6) is 0. The molecular weight excluding hydrogens is 443 g/mol. The lowest BCUT2D eigenvalue weighted by Gasteiger charge is -2.11. The molecule has 0 spiro atoms. The molecule has 0 amide bonds. The molecule has 1 aromatic heterocycles. The molecule has 9 heteroatoms. The summed E-state index contributed by atoms with van der Waals surface area (Å²) >= 11 is 0. The number of rotatable bonds is 5. The second-order valence-corrected chi connectivity index (χ2v) is 8.78. The summed E-state index contributed by atoms with van der Waals surface area (Å²) in [5.41, 5.74) is -0.594. The normalized spacial score (nSPS) is 12.1. The minimum atomic E-state index is -4.70. The van der Waals surface area contributed by atoms with Crippen LogP contribution in [0.25, 0.3) is 11.0 Å². The van der Waals surface area contributed by atoms with Crippen LogP contribution in [0, 0.1) is 0 Å². The average molecular weight is 459 g/mol. The zero-order valence-electron chi connectivity index (χ0n) is 16.4. The van der Waals surface area contributed by atoms with Crippen molar-refractivity contribution >= 4 is 26.7 Å². The van der Waals surface area contributed by atoms with Crippen LogP contribution in [-0.2, 0) is 22.6 Å². The third-order valence-electron chi connectivity index (χ3n) is 4.78. The van der Waals surface area contributed by atoms with E-state index in [-0.39, 0.29) is 22.3 Å². The van der Waals surface area contributed by atoms with Crippen LogP contribution in [0.2, 0.25) is 0 Å². The Bertz CT molecular complexity index is 1430. The van der Waals surface area contributed by atoms with Crippen molar-refractivity contribution in [1.82, 2.24) is 0 Å². The molecule has 5 nitrogen and oxygen atoms in total. The predicted molar refractivity (Wildman–Crippen MR) is 114 cm³/mol. The van der Waals surface area contributed by atoms with Crippen molar-refractivity contribution in [2.45, 2.75) is 17.5 Å². The second kappa shape index (κ2) is 8.16. The smallest absolute Gasteiger partial charge is 0.417 e. The first-order valence-corrected chi connectivity index (χ1v) is 10.9. The van der Waals surface area contributed by atoms with Gasteiger partial charge in [0.1, 0.15) is 5.58 Å². The second-order valence-electron chi connectivity index (χ2n) is 7.10. The summed E-state index contributed by atoms with van der Waals surface area (Å²) in [5, 5.41) is -0.208. The highest BCUT2D eigenvalue weighted by atomic mass is 32.2. The molecule has 4 aromatic rings. The number of anilines is 1. The Morgan fingerprint density at radius 3 is 2.16 bits per heavy atom. The topological polar surface area (TPSA) is 76.4 Å². The summed E-state index contributed by atoms with van der Waals surface area (Å²) in [7, 11) is -3.77. The van der Waals surface area contributed by atoms with Gasteiger partial charge in [-0.05, 0) is 53.9 Å². The predicted octanol–water partition coefficient (Wildman–Crippen LogP) is 5.20. The van der Waals surface area contributed by atoms with E-state index < -0.39 is 27.4 Å². The van der Waals surface area contributed by atoms with Gasteiger partial charge in [0, 0.05) is 17.1 Å². The highest BCUT2D eigenvalue weighted by Crippen LogP contribution is 2.34. The molecule has 0 unspecified atom stereocenters. The van der Waals surface area contributed by atoms with E-state index in [9.17, 15) is 26.4 Å². The van der Waals surface area contributed by atoms with Crippen LogP contribution in [-0.4, -0.2) is 8.42 Å². The first-order chi connectivity index (χ1) is 15.1. The minimum absolute atomic E-state index is 0.0600. The molecule has 0 radical (unpaired) electrons. The number of alkyl halides is 3. The van der Waals surface area contributed by atoms with E-state index in [2.05, 4.69) is 4.72 Å². The van der Waals surface area contributed by atoms with Gasteiger partial charge in [-0.1, -0.05) is 36.4 Å². The van der Waals surface area contributed by atoms with Gasteiger partial charge in [0.25, 0.3) is 10.0 Å². The van der Waals surface area contributed by atoms with E-state index in [1.807, 2.05) is 0 Å². The van der Waals surface area contributed by atoms with Crippen LogP contribution in [0.5, 0.6) is 0 Å². The highest BCUT2D eigenvalue weighted by Gasteiger charge is 2.33. The standard InChI is InChI=1S/C23H16F3NO4S/c24-23(25,26)20-14-22(28)31-21-11-8-16(13-19(20)21)12-15-6-9-18(10-7-15)32(29,30)27-17-4-2-1-3-5-17/h1-11,13-14,27H,12H2. The SMILES string of the molecule is O=c1cc(C(F)(F)F)c2cc(Cc3ccc(S(=O)(=O)Nc4ccccc4)cc3)ccc2o1. The van der Waals surface area contributed by atoms with Crippen LogP contribution in [0.4, 0.5) is 18.9 Å². The molecule has 0 aliphatic carbocycles. The zero-order chi connectivity index (χ0) is 22.9. The van der Waals surface area contributed by atoms with E-state index in [4.69, 9.17) is 4.42 Å². The Morgan fingerprint density at radius 2 is 1.50 bits per heavy atom. The summed E-state index contributed by atoms with van der Waals surface area (Å²) in [6.07, 6.45) is -4.44. The molecule has 0 aliphatic rings. The van der Waals surface area contributed by atoms with E-state index >= 15 is 0 Å². The fourth-order valence-electron chi connectivity index (χ4n) is 3.30. The highest BCUT2D eigenvalue weighted by molar-refractivity contribution is 7.92. The van der Waals surface area contributed by atoms with Crippen LogP contribution < -0.4 is 10.3 Å². The Balaban J connectivity index is 1.60. The molecule has 0 fully saturated rings. The molecule has 1 heterocycles. The molecule has 1 N–H and O–H groups in total. The largest absolute Gasteiger partial charge is 0.423 e. The van der Waals surface area contributed by atoms with Gasteiger partial charge in [-0.15, -0.1) is 0 Å². The molecule has 0 bridgehead atoms. The number of fused-ring (bicyclic) bond motifs is 1. The molecule has 0 aliphatic heterocycles. The van der Waals surface area contributed by atoms with Gasteiger partial charge in [0.05, 0.1) is 10.5 Å². The van der Waals surface area contributed by atoms with Crippen LogP contribution >= 0.6 is 0 Å². The molecular formula is C23H16F3NO4S. The van der Waals surface area contributed by atoms with Crippen molar-refractivity contribution in [2.24, 2.45) is 0 Å².